The van der Waals surface area contributed by atoms with E-state index >= 15 is 0 Å². The van der Waals surface area contributed by atoms with Crippen LogP contribution in [0.3, 0.4) is 0 Å². The van der Waals surface area contributed by atoms with Crippen LogP contribution < -0.4 is 5.32 Å². The Hall–Kier alpha value is -1.97. The van der Waals surface area contributed by atoms with Crippen LogP contribution in [-0.2, 0) is 0 Å². The van der Waals surface area contributed by atoms with E-state index in [4.69, 9.17) is 0 Å². The molecule has 2 nitrogen and oxygen atoms in total. The van der Waals surface area contributed by atoms with Crippen LogP contribution in [0.1, 0.15) is 23.4 Å². The van der Waals surface area contributed by atoms with E-state index in [1.54, 1.807) is 11.3 Å². The van der Waals surface area contributed by atoms with Gasteiger partial charge in [0.25, 0.3) is 0 Å². The van der Waals surface area contributed by atoms with Gasteiger partial charge < -0.3 is 5.32 Å². The summed E-state index contributed by atoms with van der Waals surface area (Å²) >= 11 is 1.69. The van der Waals surface area contributed by atoms with Gasteiger partial charge in [0.15, 0.2) is 0 Å². The van der Waals surface area contributed by atoms with E-state index < -0.39 is 0 Å². The van der Waals surface area contributed by atoms with Crippen LogP contribution in [-0.4, -0.2) is 11.5 Å². The zero-order valence-corrected chi connectivity index (χ0v) is 12.8. The van der Waals surface area contributed by atoms with Crippen molar-refractivity contribution in [2.45, 2.75) is 13.0 Å². The van der Waals surface area contributed by atoms with E-state index in [0.29, 0.717) is 0 Å². The third-order valence-electron chi connectivity index (χ3n) is 3.50. The highest BCUT2D eigenvalue weighted by Gasteiger charge is 2.14. The first-order valence-electron chi connectivity index (χ1n) is 7.15. The van der Waals surface area contributed by atoms with Crippen molar-refractivity contribution in [3.05, 3.63) is 76.7 Å². The second-order valence-corrected chi connectivity index (χ2v) is 5.80. The van der Waals surface area contributed by atoms with Gasteiger partial charge in [0, 0.05) is 11.1 Å². The van der Waals surface area contributed by atoms with Gasteiger partial charge >= 0.3 is 0 Å². The summed E-state index contributed by atoms with van der Waals surface area (Å²) in [6.45, 7) is 3.06. The molecule has 0 saturated heterocycles. The largest absolute Gasteiger partial charge is 0.306 e. The van der Waals surface area contributed by atoms with Crippen molar-refractivity contribution in [1.82, 2.24) is 10.3 Å². The maximum atomic E-state index is 4.19. The third kappa shape index (κ3) is 3.20. The molecule has 3 rings (SSSR count). The Labute approximate surface area is 129 Å². The number of nitrogens with one attached hydrogen (secondary N) is 1. The van der Waals surface area contributed by atoms with Gasteiger partial charge in [0.2, 0.25) is 0 Å². The van der Waals surface area contributed by atoms with E-state index in [1.165, 1.54) is 21.6 Å². The minimum atomic E-state index is 0.229. The van der Waals surface area contributed by atoms with Crippen molar-refractivity contribution in [1.29, 1.82) is 0 Å². The smallest absolute Gasteiger partial charge is 0.0794 e. The van der Waals surface area contributed by atoms with Gasteiger partial charge in [-0.15, -0.1) is 11.3 Å². The van der Waals surface area contributed by atoms with Crippen LogP contribution in [0.5, 0.6) is 0 Å². The number of hydrogen-bond acceptors (Lipinski definition) is 3. The van der Waals surface area contributed by atoms with Crippen LogP contribution >= 0.6 is 11.3 Å². The number of benzene rings is 2. The standard InChI is InChI=1S/C18H18N2S/c1-2-20-18(17-12-19-13-21-17)16-10-8-15(9-11-16)14-6-4-3-5-7-14/h3-13,18,20H,2H2,1H3. The lowest BCUT2D eigenvalue weighted by Gasteiger charge is -2.17. The minimum Gasteiger partial charge on any atom is -0.306 e. The van der Waals surface area contributed by atoms with Crippen molar-refractivity contribution in [3.8, 4) is 11.1 Å². The lowest BCUT2D eigenvalue weighted by Crippen LogP contribution is -2.21. The van der Waals surface area contributed by atoms with Crippen LogP contribution in [0.25, 0.3) is 11.1 Å². The summed E-state index contributed by atoms with van der Waals surface area (Å²) in [4.78, 5) is 5.45. The Balaban J connectivity index is 1.89. The topological polar surface area (TPSA) is 24.9 Å². The molecule has 3 heteroatoms. The first kappa shape index (κ1) is 14.0. The summed E-state index contributed by atoms with van der Waals surface area (Å²) in [6, 6.07) is 19.5. The Morgan fingerprint density at radius 2 is 1.71 bits per heavy atom. The Kier molecular flexibility index (Phi) is 4.43. The van der Waals surface area contributed by atoms with Gasteiger partial charge in [-0.3, -0.25) is 4.98 Å². The minimum absolute atomic E-state index is 0.229. The Bertz CT molecular complexity index is 660. The van der Waals surface area contributed by atoms with Crippen LogP contribution in [0.15, 0.2) is 66.3 Å². The Morgan fingerprint density at radius 1 is 1.00 bits per heavy atom. The van der Waals surface area contributed by atoms with Gasteiger partial charge in [-0.05, 0) is 23.2 Å². The number of aromatic nitrogens is 1. The molecule has 0 spiro atoms. The SMILES string of the molecule is CCNC(c1ccc(-c2ccccc2)cc1)c1cncs1. The van der Waals surface area contributed by atoms with Crippen molar-refractivity contribution < 1.29 is 0 Å². The molecule has 1 N–H and O–H groups in total. The van der Waals surface area contributed by atoms with E-state index in [-0.39, 0.29) is 6.04 Å². The first-order chi connectivity index (χ1) is 10.4. The third-order valence-corrected chi connectivity index (χ3v) is 4.34. The zero-order valence-electron chi connectivity index (χ0n) is 12.0. The van der Waals surface area contributed by atoms with Crippen molar-refractivity contribution >= 4 is 11.3 Å². The highest BCUT2D eigenvalue weighted by molar-refractivity contribution is 7.09. The molecule has 0 aliphatic carbocycles. The average molecular weight is 294 g/mol. The molecule has 0 saturated carbocycles. The maximum absolute atomic E-state index is 4.19. The fraction of sp³-hybridized carbons (Fsp3) is 0.167. The predicted octanol–water partition coefficient (Wildman–Crippen LogP) is 4.51. The molecule has 1 aromatic heterocycles. The molecule has 0 radical (unpaired) electrons. The highest BCUT2D eigenvalue weighted by atomic mass is 32.1. The molecule has 0 fully saturated rings. The average Bonchev–Trinajstić information content (AvgIpc) is 3.08. The lowest BCUT2D eigenvalue weighted by atomic mass is 10.0. The summed E-state index contributed by atoms with van der Waals surface area (Å²) in [5, 5.41) is 3.53. The van der Waals surface area contributed by atoms with Gasteiger partial charge in [-0.2, -0.15) is 0 Å². The van der Waals surface area contributed by atoms with Gasteiger partial charge in [0.1, 0.15) is 0 Å². The van der Waals surface area contributed by atoms with E-state index in [0.717, 1.165) is 6.54 Å². The quantitative estimate of drug-likeness (QED) is 0.749. The zero-order chi connectivity index (χ0) is 14.5. The molecule has 21 heavy (non-hydrogen) atoms. The normalized spacial score (nSPS) is 12.2. The lowest BCUT2D eigenvalue weighted by molar-refractivity contribution is 0.639. The van der Waals surface area contributed by atoms with Crippen molar-refractivity contribution in [2.24, 2.45) is 0 Å². The molecule has 3 aromatic rings. The molecule has 0 amide bonds. The van der Waals surface area contributed by atoms with Crippen LogP contribution in [0.2, 0.25) is 0 Å². The summed E-state index contributed by atoms with van der Waals surface area (Å²) < 4.78 is 0. The maximum Gasteiger partial charge on any atom is 0.0794 e. The molecule has 0 bridgehead atoms. The number of rotatable bonds is 5. The molecule has 1 heterocycles. The molecule has 1 atom stereocenters. The van der Waals surface area contributed by atoms with Gasteiger partial charge in [0.05, 0.1) is 11.6 Å². The number of thiazole rings is 1. The monoisotopic (exact) mass is 294 g/mol. The molecule has 1 unspecified atom stereocenters. The molecule has 106 valence electrons. The number of hydrogen-bond donors (Lipinski definition) is 1. The molecular weight excluding hydrogens is 276 g/mol. The second kappa shape index (κ2) is 6.66. The summed E-state index contributed by atoms with van der Waals surface area (Å²) in [5.41, 5.74) is 5.67. The van der Waals surface area contributed by atoms with Gasteiger partial charge in [-0.25, -0.2) is 0 Å². The molecular formula is C18H18N2S. The van der Waals surface area contributed by atoms with E-state index in [9.17, 15) is 0 Å². The first-order valence-corrected chi connectivity index (χ1v) is 8.03. The highest BCUT2D eigenvalue weighted by Crippen LogP contribution is 2.27. The fourth-order valence-electron chi connectivity index (χ4n) is 2.45. The predicted molar refractivity (Wildman–Crippen MR) is 89.5 cm³/mol. The fourth-order valence-corrected chi connectivity index (χ4v) is 3.17. The second-order valence-electron chi connectivity index (χ2n) is 4.88. The van der Waals surface area contributed by atoms with E-state index in [1.807, 2.05) is 17.8 Å². The van der Waals surface area contributed by atoms with Crippen molar-refractivity contribution in [2.75, 3.05) is 6.54 Å². The summed E-state index contributed by atoms with van der Waals surface area (Å²) in [7, 11) is 0. The van der Waals surface area contributed by atoms with Gasteiger partial charge in [-0.1, -0.05) is 61.5 Å². The molecule has 0 aliphatic heterocycles. The Morgan fingerprint density at radius 3 is 2.33 bits per heavy atom. The van der Waals surface area contributed by atoms with Crippen molar-refractivity contribution in [3.63, 3.8) is 0 Å². The van der Waals surface area contributed by atoms with Crippen LogP contribution in [0.4, 0.5) is 0 Å². The van der Waals surface area contributed by atoms with Crippen LogP contribution in [0, 0.1) is 0 Å². The molecule has 2 aromatic carbocycles. The van der Waals surface area contributed by atoms with E-state index in [2.05, 4.69) is 65.8 Å². The summed E-state index contributed by atoms with van der Waals surface area (Å²) in [6.07, 6.45) is 1.95. The molecule has 0 aliphatic rings. The summed E-state index contributed by atoms with van der Waals surface area (Å²) in [5.74, 6) is 0. The number of nitrogens with zero attached hydrogens (tertiary/aromatic N) is 1.